The van der Waals surface area contributed by atoms with Crippen LogP contribution in [0.1, 0.15) is 43.6 Å². The second kappa shape index (κ2) is 7.88. The van der Waals surface area contributed by atoms with Crippen LogP contribution < -0.4 is 15.4 Å². The van der Waals surface area contributed by atoms with Crippen LogP contribution in [0.2, 0.25) is 0 Å². The van der Waals surface area contributed by atoms with Gasteiger partial charge in [-0.25, -0.2) is 9.78 Å². The Balaban J connectivity index is 1.93. The highest BCUT2D eigenvalue weighted by Crippen LogP contribution is 2.35. The van der Waals surface area contributed by atoms with Crippen molar-refractivity contribution in [1.29, 1.82) is 0 Å². The molecule has 1 aromatic carbocycles. The fourth-order valence-corrected chi connectivity index (χ4v) is 3.02. The van der Waals surface area contributed by atoms with Crippen LogP contribution in [0.3, 0.4) is 0 Å². The van der Waals surface area contributed by atoms with Crippen molar-refractivity contribution < 1.29 is 19.1 Å². The number of fused-ring (bicyclic) bond motifs is 1. The summed E-state index contributed by atoms with van der Waals surface area (Å²) >= 11 is 0. The predicted molar refractivity (Wildman–Crippen MR) is 106 cm³/mol. The maximum Gasteiger partial charge on any atom is 0.338 e. The number of hydrogen-bond acceptors (Lipinski definition) is 6. The molecular formula is C21H25N3O4. The van der Waals surface area contributed by atoms with E-state index in [0.29, 0.717) is 22.9 Å². The molecule has 0 radical (unpaired) electrons. The van der Waals surface area contributed by atoms with Crippen molar-refractivity contribution in [3.05, 3.63) is 47.5 Å². The number of amides is 1. The van der Waals surface area contributed by atoms with Crippen LogP contribution in [0, 0.1) is 5.92 Å². The van der Waals surface area contributed by atoms with Gasteiger partial charge < -0.3 is 15.2 Å². The molecule has 0 aliphatic carbocycles. The Bertz CT molecular complexity index is 895. The summed E-state index contributed by atoms with van der Waals surface area (Å²) in [5, 5.41) is 0. The van der Waals surface area contributed by atoms with Crippen LogP contribution in [0.4, 0.5) is 11.6 Å². The molecule has 28 heavy (non-hydrogen) atoms. The average molecular weight is 383 g/mol. The van der Waals surface area contributed by atoms with E-state index in [1.807, 2.05) is 19.9 Å². The van der Waals surface area contributed by atoms with Gasteiger partial charge in [0, 0.05) is 0 Å². The first-order valence-corrected chi connectivity index (χ1v) is 9.30. The number of nitrogens with two attached hydrogens (primary N) is 1. The van der Waals surface area contributed by atoms with E-state index < -0.39 is 12.1 Å². The summed E-state index contributed by atoms with van der Waals surface area (Å²) in [6, 6.07) is 10.4. The minimum Gasteiger partial charge on any atom is -0.476 e. The lowest BCUT2D eigenvalue weighted by Crippen LogP contribution is -2.48. The molecule has 0 spiro atoms. The number of hydrogen-bond donors (Lipinski definition) is 1. The Morgan fingerprint density at radius 2 is 2.00 bits per heavy atom. The fraction of sp³-hybridized carbons (Fsp3) is 0.381. The lowest BCUT2D eigenvalue weighted by molar-refractivity contribution is -0.128. The molecule has 3 rings (SSSR count). The molecule has 0 fully saturated rings. The minimum atomic E-state index is -0.605. The molecule has 7 heteroatoms. The van der Waals surface area contributed by atoms with Gasteiger partial charge in [-0.3, -0.25) is 9.69 Å². The zero-order valence-electron chi connectivity index (χ0n) is 16.5. The van der Waals surface area contributed by atoms with E-state index in [-0.39, 0.29) is 24.5 Å². The quantitative estimate of drug-likeness (QED) is 0.797. The molecule has 1 unspecified atom stereocenters. The van der Waals surface area contributed by atoms with Crippen LogP contribution in [0.15, 0.2) is 36.4 Å². The van der Waals surface area contributed by atoms with Gasteiger partial charge in [-0.1, -0.05) is 26.0 Å². The topological polar surface area (TPSA) is 94.8 Å². The molecule has 7 nitrogen and oxygen atoms in total. The van der Waals surface area contributed by atoms with Gasteiger partial charge in [0.05, 0.1) is 18.2 Å². The summed E-state index contributed by atoms with van der Waals surface area (Å²) in [4.78, 5) is 31.1. The van der Waals surface area contributed by atoms with E-state index in [2.05, 4.69) is 4.98 Å². The molecule has 1 aliphatic rings. The van der Waals surface area contributed by atoms with Crippen molar-refractivity contribution in [2.45, 2.75) is 46.4 Å². The van der Waals surface area contributed by atoms with Crippen molar-refractivity contribution in [1.82, 2.24) is 4.98 Å². The van der Waals surface area contributed by atoms with Crippen molar-refractivity contribution in [2.24, 2.45) is 5.92 Å². The number of pyridine rings is 1. The molecule has 2 N–H and O–H groups in total. The van der Waals surface area contributed by atoms with Crippen LogP contribution in [-0.4, -0.2) is 29.1 Å². The summed E-state index contributed by atoms with van der Waals surface area (Å²) in [5.74, 6) is 0.620. The van der Waals surface area contributed by atoms with Crippen LogP contribution in [-0.2, 0) is 16.1 Å². The van der Waals surface area contributed by atoms with Crippen molar-refractivity contribution in [2.75, 3.05) is 10.6 Å². The zero-order chi connectivity index (χ0) is 20.4. The zero-order valence-corrected chi connectivity index (χ0v) is 16.5. The lowest BCUT2D eigenvalue weighted by Gasteiger charge is -2.35. The number of anilines is 2. The minimum absolute atomic E-state index is 0.00643. The Kier molecular flexibility index (Phi) is 5.53. The molecule has 0 saturated carbocycles. The SMILES string of the molecule is CC(C)OC(=O)c1cccc(CN2C(=O)C(C(C)C)Oc3ccc(N)nc32)c1. The molecule has 1 amide bonds. The van der Waals surface area contributed by atoms with E-state index in [4.69, 9.17) is 15.2 Å². The molecular weight excluding hydrogens is 358 g/mol. The normalized spacial score (nSPS) is 16.1. The third-order valence-electron chi connectivity index (χ3n) is 4.33. The molecule has 0 bridgehead atoms. The van der Waals surface area contributed by atoms with Crippen molar-refractivity contribution >= 4 is 23.5 Å². The monoisotopic (exact) mass is 383 g/mol. The maximum absolute atomic E-state index is 13.0. The summed E-state index contributed by atoms with van der Waals surface area (Å²) < 4.78 is 11.1. The van der Waals surface area contributed by atoms with Crippen molar-refractivity contribution in [3.8, 4) is 5.75 Å². The highest BCUT2D eigenvalue weighted by Gasteiger charge is 2.37. The largest absolute Gasteiger partial charge is 0.476 e. The van der Waals surface area contributed by atoms with Crippen LogP contribution in [0.5, 0.6) is 5.75 Å². The molecule has 0 saturated heterocycles. The first kappa shape index (κ1) is 19.7. The summed E-state index contributed by atoms with van der Waals surface area (Å²) in [7, 11) is 0. The van der Waals surface area contributed by atoms with Gasteiger partial charge in [-0.05, 0) is 49.6 Å². The molecule has 1 aliphatic heterocycles. The maximum atomic E-state index is 13.0. The van der Waals surface area contributed by atoms with Crippen LogP contribution >= 0.6 is 0 Å². The standard InChI is InChI=1S/C21H25N3O4/c1-12(2)18-20(25)24(19-16(28-18)8-9-17(22)23-19)11-14-6-5-7-15(10-14)21(26)27-13(3)4/h5-10,12-13,18H,11H2,1-4H3,(H2,22,23). The van der Waals surface area contributed by atoms with Crippen molar-refractivity contribution in [3.63, 3.8) is 0 Å². The molecule has 1 atom stereocenters. The fourth-order valence-electron chi connectivity index (χ4n) is 3.02. The van der Waals surface area contributed by atoms with Gasteiger partial charge >= 0.3 is 5.97 Å². The first-order valence-electron chi connectivity index (χ1n) is 9.30. The van der Waals surface area contributed by atoms with E-state index in [0.717, 1.165) is 5.56 Å². The number of carbonyl (C=O) groups is 2. The summed E-state index contributed by atoms with van der Waals surface area (Å²) in [5.41, 5.74) is 7.04. The Hall–Kier alpha value is -3.09. The van der Waals surface area contributed by atoms with Gasteiger partial charge in [-0.15, -0.1) is 0 Å². The number of carbonyl (C=O) groups excluding carboxylic acids is 2. The van der Waals surface area contributed by atoms with Crippen LogP contribution in [0.25, 0.3) is 0 Å². The van der Waals surface area contributed by atoms with E-state index in [1.54, 1.807) is 49.1 Å². The smallest absolute Gasteiger partial charge is 0.338 e. The second-order valence-electron chi connectivity index (χ2n) is 7.42. The number of nitrogen functional groups attached to an aromatic ring is 1. The third kappa shape index (κ3) is 4.08. The highest BCUT2D eigenvalue weighted by molar-refractivity contribution is 5.99. The van der Waals surface area contributed by atoms with E-state index >= 15 is 0 Å². The average Bonchev–Trinajstić information content (AvgIpc) is 2.63. The van der Waals surface area contributed by atoms with E-state index in [1.165, 1.54) is 0 Å². The molecule has 2 aromatic rings. The van der Waals surface area contributed by atoms with E-state index in [9.17, 15) is 9.59 Å². The Morgan fingerprint density at radius 1 is 1.25 bits per heavy atom. The Morgan fingerprint density at radius 3 is 2.68 bits per heavy atom. The Labute approximate surface area is 164 Å². The van der Waals surface area contributed by atoms with Gasteiger partial charge in [0.25, 0.3) is 5.91 Å². The number of esters is 1. The van der Waals surface area contributed by atoms with Gasteiger partial charge in [0.2, 0.25) is 0 Å². The first-order chi connectivity index (χ1) is 13.3. The lowest BCUT2D eigenvalue weighted by atomic mass is 10.0. The number of benzene rings is 1. The number of aromatic nitrogens is 1. The predicted octanol–water partition coefficient (Wildman–Crippen LogP) is 3.18. The highest BCUT2D eigenvalue weighted by atomic mass is 16.5. The van der Waals surface area contributed by atoms with Gasteiger partial charge in [0.1, 0.15) is 5.82 Å². The molecule has 148 valence electrons. The summed E-state index contributed by atoms with van der Waals surface area (Å²) in [6.45, 7) is 7.70. The third-order valence-corrected chi connectivity index (χ3v) is 4.33. The number of ether oxygens (including phenoxy) is 2. The molecule has 1 aromatic heterocycles. The number of nitrogens with zero attached hydrogens (tertiary/aromatic N) is 2. The molecule has 2 heterocycles. The number of rotatable bonds is 5. The summed E-state index contributed by atoms with van der Waals surface area (Å²) in [6.07, 6.45) is -0.810. The van der Waals surface area contributed by atoms with Gasteiger partial charge in [0.15, 0.2) is 17.7 Å². The van der Waals surface area contributed by atoms with Gasteiger partial charge in [-0.2, -0.15) is 0 Å². The second-order valence-corrected chi connectivity index (χ2v) is 7.42.